The summed E-state index contributed by atoms with van der Waals surface area (Å²) in [5, 5.41) is 3.16. The summed E-state index contributed by atoms with van der Waals surface area (Å²) < 4.78 is 5.41. The molecular weight excluding hydrogens is 314 g/mol. The number of nitrogens with zero attached hydrogens (tertiary/aromatic N) is 2. The van der Waals surface area contributed by atoms with Gasteiger partial charge in [-0.2, -0.15) is 0 Å². The number of amides is 2. The third-order valence-electron chi connectivity index (χ3n) is 5.39. The summed E-state index contributed by atoms with van der Waals surface area (Å²) in [6.07, 6.45) is 4.68. The molecule has 2 unspecified atom stereocenters. The van der Waals surface area contributed by atoms with E-state index in [2.05, 4.69) is 40.5 Å². The smallest absolute Gasteiger partial charge is 0.317 e. The minimum absolute atomic E-state index is 0.0712. The number of hydrogen-bond acceptors (Lipinski definition) is 3. The van der Waals surface area contributed by atoms with Gasteiger partial charge in [-0.15, -0.1) is 0 Å². The SMILES string of the molecule is COC1CCCN(C(=O)NCC2CCCN(Cc3ccccc3)C2)C1. The van der Waals surface area contributed by atoms with Crippen molar-refractivity contribution >= 4 is 6.03 Å². The molecule has 3 rings (SSSR count). The Bertz CT molecular complexity index is 537. The number of likely N-dealkylation sites (tertiary alicyclic amines) is 2. The zero-order valence-corrected chi connectivity index (χ0v) is 15.3. The molecule has 0 bridgehead atoms. The number of methoxy groups -OCH3 is 1. The molecule has 5 nitrogen and oxygen atoms in total. The van der Waals surface area contributed by atoms with Gasteiger partial charge in [-0.25, -0.2) is 4.79 Å². The Morgan fingerprint density at radius 3 is 2.76 bits per heavy atom. The second-order valence-corrected chi connectivity index (χ2v) is 7.36. The van der Waals surface area contributed by atoms with Crippen LogP contribution in [-0.2, 0) is 11.3 Å². The van der Waals surface area contributed by atoms with Crippen LogP contribution in [0.3, 0.4) is 0 Å². The van der Waals surface area contributed by atoms with Gasteiger partial charge >= 0.3 is 6.03 Å². The summed E-state index contributed by atoms with van der Waals surface area (Å²) in [7, 11) is 1.73. The van der Waals surface area contributed by atoms with E-state index in [-0.39, 0.29) is 12.1 Å². The Morgan fingerprint density at radius 2 is 1.96 bits per heavy atom. The molecule has 2 fully saturated rings. The highest BCUT2D eigenvalue weighted by molar-refractivity contribution is 5.74. The normalized spacial score (nSPS) is 24.9. The maximum absolute atomic E-state index is 12.4. The first-order valence-corrected chi connectivity index (χ1v) is 9.56. The molecule has 0 aliphatic carbocycles. The number of carbonyl (C=O) groups excluding carboxylic acids is 1. The Kier molecular flexibility index (Phi) is 6.70. The maximum atomic E-state index is 12.4. The van der Waals surface area contributed by atoms with Gasteiger partial charge in [0.15, 0.2) is 0 Å². The molecule has 5 heteroatoms. The molecule has 1 aromatic rings. The van der Waals surface area contributed by atoms with Crippen molar-refractivity contribution in [2.45, 2.75) is 38.3 Å². The number of benzene rings is 1. The summed E-state index contributed by atoms with van der Waals surface area (Å²) in [5.41, 5.74) is 1.37. The van der Waals surface area contributed by atoms with Crippen LogP contribution >= 0.6 is 0 Å². The minimum Gasteiger partial charge on any atom is -0.380 e. The first kappa shape index (κ1) is 18.2. The fourth-order valence-corrected chi connectivity index (χ4v) is 3.96. The van der Waals surface area contributed by atoms with Crippen molar-refractivity contribution in [1.29, 1.82) is 0 Å². The Morgan fingerprint density at radius 1 is 1.16 bits per heavy atom. The quantitative estimate of drug-likeness (QED) is 0.892. The number of piperidine rings is 2. The molecule has 2 amide bonds. The Labute approximate surface area is 151 Å². The van der Waals surface area contributed by atoms with Crippen molar-refractivity contribution < 1.29 is 9.53 Å². The fourth-order valence-electron chi connectivity index (χ4n) is 3.96. The first-order valence-electron chi connectivity index (χ1n) is 9.56. The summed E-state index contributed by atoms with van der Waals surface area (Å²) in [5.74, 6) is 0.546. The van der Waals surface area contributed by atoms with Crippen LogP contribution in [0.15, 0.2) is 30.3 Å². The lowest BCUT2D eigenvalue weighted by Crippen LogP contribution is -2.49. The van der Waals surface area contributed by atoms with Gasteiger partial charge in [0.1, 0.15) is 0 Å². The first-order chi connectivity index (χ1) is 12.2. The fraction of sp³-hybridized carbons (Fsp3) is 0.650. The van der Waals surface area contributed by atoms with E-state index in [0.29, 0.717) is 12.5 Å². The minimum atomic E-state index is 0.0712. The van der Waals surface area contributed by atoms with Crippen molar-refractivity contribution in [2.24, 2.45) is 5.92 Å². The highest BCUT2D eigenvalue weighted by Crippen LogP contribution is 2.18. The second-order valence-electron chi connectivity index (χ2n) is 7.36. The predicted molar refractivity (Wildman–Crippen MR) is 99.4 cm³/mol. The summed E-state index contributed by atoms with van der Waals surface area (Å²) >= 11 is 0. The standard InChI is InChI=1S/C20H31N3O2/c1-25-19-10-6-12-23(16-19)20(24)21-13-18-9-5-11-22(15-18)14-17-7-3-2-4-8-17/h2-4,7-8,18-19H,5-6,9-16H2,1H3,(H,21,24). The lowest BCUT2D eigenvalue weighted by atomic mass is 9.97. The van der Waals surface area contributed by atoms with E-state index < -0.39 is 0 Å². The van der Waals surface area contributed by atoms with E-state index in [1.54, 1.807) is 7.11 Å². The third kappa shape index (κ3) is 5.44. The molecule has 0 radical (unpaired) electrons. The van der Waals surface area contributed by atoms with Crippen LogP contribution in [0.2, 0.25) is 0 Å². The molecule has 2 saturated heterocycles. The van der Waals surface area contributed by atoms with Gasteiger partial charge in [0.25, 0.3) is 0 Å². The number of urea groups is 1. The van der Waals surface area contributed by atoms with Crippen LogP contribution < -0.4 is 5.32 Å². The third-order valence-corrected chi connectivity index (χ3v) is 5.39. The van der Waals surface area contributed by atoms with Gasteiger partial charge < -0.3 is 15.0 Å². The molecule has 1 aromatic carbocycles. The van der Waals surface area contributed by atoms with Crippen LogP contribution in [0.1, 0.15) is 31.2 Å². The van der Waals surface area contributed by atoms with Crippen LogP contribution in [-0.4, -0.2) is 61.8 Å². The molecule has 2 atom stereocenters. The highest BCUT2D eigenvalue weighted by Gasteiger charge is 2.25. The van der Waals surface area contributed by atoms with Crippen molar-refractivity contribution in [1.82, 2.24) is 15.1 Å². The van der Waals surface area contributed by atoms with Crippen molar-refractivity contribution in [3.05, 3.63) is 35.9 Å². The topological polar surface area (TPSA) is 44.8 Å². The molecule has 0 spiro atoms. The van der Waals surface area contributed by atoms with E-state index in [1.807, 2.05) is 4.90 Å². The molecule has 2 aliphatic rings. The van der Waals surface area contributed by atoms with E-state index in [0.717, 1.165) is 45.6 Å². The second kappa shape index (κ2) is 9.20. The molecule has 1 N–H and O–H groups in total. The van der Waals surface area contributed by atoms with E-state index in [1.165, 1.54) is 18.4 Å². The zero-order chi connectivity index (χ0) is 17.5. The molecule has 0 saturated carbocycles. The monoisotopic (exact) mass is 345 g/mol. The van der Waals surface area contributed by atoms with Gasteiger partial charge in [-0.3, -0.25) is 4.90 Å². The molecule has 25 heavy (non-hydrogen) atoms. The number of carbonyl (C=O) groups is 1. The maximum Gasteiger partial charge on any atom is 0.317 e. The van der Waals surface area contributed by atoms with Crippen LogP contribution in [0.25, 0.3) is 0 Å². The number of hydrogen-bond donors (Lipinski definition) is 1. The van der Waals surface area contributed by atoms with Crippen molar-refractivity contribution in [3.63, 3.8) is 0 Å². The lowest BCUT2D eigenvalue weighted by Gasteiger charge is -2.35. The average Bonchev–Trinajstić information content (AvgIpc) is 2.67. The molecule has 2 heterocycles. The Hall–Kier alpha value is -1.59. The summed E-state index contributed by atoms with van der Waals surface area (Å²) in [6.45, 7) is 5.56. The van der Waals surface area contributed by atoms with Crippen molar-refractivity contribution in [3.8, 4) is 0 Å². The van der Waals surface area contributed by atoms with E-state index in [9.17, 15) is 4.79 Å². The summed E-state index contributed by atoms with van der Waals surface area (Å²) in [6, 6.07) is 10.7. The van der Waals surface area contributed by atoms with Crippen LogP contribution in [0, 0.1) is 5.92 Å². The number of ether oxygens (including phenoxy) is 1. The van der Waals surface area contributed by atoms with E-state index >= 15 is 0 Å². The van der Waals surface area contributed by atoms with Gasteiger partial charge in [0.2, 0.25) is 0 Å². The van der Waals surface area contributed by atoms with Gasteiger partial charge in [-0.1, -0.05) is 30.3 Å². The van der Waals surface area contributed by atoms with Crippen molar-refractivity contribution in [2.75, 3.05) is 39.8 Å². The van der Waals surface area contributed by atoms with Crippen LogP contribution in [0.4, 0.5) is 4.79 Å². The number of nitrogens with one attached hydrogen (secondary N) is 1. The molecule has 0 aromatic heterocycles. The van der Waals surface area contributed by atoms with Gasteiger partial charge in [0.05, 0.1) is 6.10 Å². The Balaban J connectivity index is 1.42. The average molecular weight is 345 g/mol. The molecule has 138 valence electrons. The largest absolute Gasteiger partial charge is 0.380 e. The highest BCUT2D eigenvalue weighted by atomic mass is 16.5. The zero-order valence-electron chi connectivity index (χ0n) is 15.3. The molecular formula is C20H31N3O2. The number of rotatable bonds is 5. The van der Waals surface area contributed by atoms with Crippen LogP contribution in [0.5, 0.6) is 0 Å². The van der Waals surface area contributed by atoms with E-state index in [4.69, 9.17) is 4.74 Å². The van der Waals surface area contributed by atoms with Gasteiger partial charge in [0, 0.05) is 39.8 Å². The predicted octanol–water partition coefficient (Wildman–Crippen LogP) is 2.72. The van der Waals surface area contributed by atoms with Gasteiger partial charge in [-0.05, 0) is 43.7 Å². The summed E-state index contributed by atoms with van der Waals surface area (Å²) in [4.78, 5) is 16.8. The molecule has 2 aliphatic heterocycles. The lowest BCUT2D eigenvalue weighted by molar-refractivity contribution is 0.0431.